The van der Waals surface area contributed by atoms with Crippen molar-refractivity contribution >= 4 is 5.69 Å². The van der Waals surface area contributed by atoms with Gasteiger partial charge in [-0.05, 0) is 41.3 Å². The van der Waals surface area contributed by atoms with Gasteiger partial charge in [0.25, 0.3) is 0 Å². The summed E-state index contributed by atoms with van der Waals surface area (Å²) in [6, 6.07) is 14.8. The normalized spacial score (nSPS) is 12.8. The molecule has 0 saturated carbocycles. The molecule has 2 aromatic rings. The molecule has 1 nitrogen and oxygen atoms in total. The number of nitrogens with two attached hydrogens (primary N) is 1. The van der Waals surface area contributed by atoms with Crippen LogP contribution in [-0.2, 0) is 5.41 Å². The van der Waals surface area contributed by atoms with E-state index in [1.807, 2.05) is 26.8 Å². The van der Waals surface area contributed by atoms with E-state index in [9.17, 15) is 0 Å². The van der Waals surface area contributed by atoms with Crippen LogP contribution in [0, 0.1) is 0 Å². The molecule has 0 spiro atoms. The monoisotopic (exact) mass is 281 g/mol. The third kappa shape index (κ3) is 3.18. The molecule has 0 aliphatic heterocycles. The minimum absolute atomic E-state index is 0.0707. The van der Waals surface area contributed by atoms with Gasteiger partial charge in [-0.15, -0.1) is 6.58 Å². The highest BCUT2D eigenvalue weighted by molar-refractivity contribution is 5.81. The summed E-state index contributed by atoms with van der Waals surface area (Å²) in [5.41, 5.74) is 12.2. The van der Waals surface area contributed by atoms with Crippen LogP contribution >= 0.6 is 0 Å². The standard InChI is InChI=1S/C15H15N.C3H6.C2H6/c1-15(2)13-6-4-3-5-11(13)12-8-7-10(16)9-14(12)15;1-3-2;1-2/h3-9H,16H2,1-2H3;3H,1H2,2H3;1-2H3. The molecule has 2 aromatic carbocycles. The Morgan fingerprint density at radius 1 is 0.952 bits per heavy atom. The lowest BCUT2D eigenvalue weighted by atomic mass is 9.82. The minimum atomic E-state index is 0.0707. The number of benzene rings is 2. The molecule has 112 valence electrons. The average molecular weight is 281 g/mol. The molecule has 0 radical (unpaired) electrons. The molecule has 0 fully saturated rings. The zero-order valence-corrected chi connectivity index (χ0v) is 13.9. The third-order valence-corrected chi connectivity index (χ3v) is 3.61. The van der Waals surface area contributed by atoms with E-state index in [4.69, 9.17) is 5.73 Å². The Kier molecular flexibility index (Phi) is 5.78. The van der Waals surface area contributed by atoms with Gasteiger partial charge in [0.15, 0.2) is 0 Å². The van der Waals surface area contributed by atoms with Gasteiger partial charge in [-0.2, -0.15) is 0 Å². The highest BCUT2D eigenvalue weighted by Gasteiger charge is 2.34. The van der Waals surface area contributed by atoms with Gasteiger partial charge in [0.05, 0.1) is 0 Å². The van der Waals surface area contributed by atoms with Crippen LogP contribution in [0.1, 0.15) is 45.7 Å². The Bertz CT molecular complexity index is 609. The number of hydrogen-bond donors (Lipinski definition) is 1. The second-order valence-corrected chi connectivity index (χ2v) is 5.38. The largest absolute Gasteiger partial charge is 0.399 e. The first kappa shape index (κ1) is 17.0. The highest BCUT2D eigenvalue weighted by Crippen LogP contribution is 2.48. The Morgan fingerprint density at radius 3 is 2.10 bits per heavy atom. The summed E-state index contributed by atoms with van der Waals surface area (Å²) in [6.07, 6.45) is 1.75. The first-order valence-electron chi connectivity index (χ1n) is 7.59. The predicted molar refractivity (Wildman–Crippen MR) is 95.6 cm³/mol. The van der Waals surface area contributed by atoms with E-state index in [2.05, 4.69) is 56.8 Å². The third-order valence-electron chi connectivity index (χ3n) is 3.61. The number of fused-ring (bicyclic) bond motifs is 3. The van der Waals surface area contributed by atoms with Crippen molar-refractivity contribution in [3.63, 3.8) is 0 Å². The molecule has 0 bridgehead atoms. The summed E-state index contributed by atoms with van der Waals surface area (Å²) in [5, 5.41) is 0. The number of hydrogen-bond acceptors (Lipinski definition) is 1. The maximum absolute atomic E-state index is 5.89. The van der Waals surface area contributed by atoms with Gasteiger partial charge in [0, 0.05) is 11.1 Å². The number of allylic oxidation sites excluding steroid dienone is 1. The second kappa shape index (κ2) is 7.12. The summed E-state index contributed by atoms with van der Waals surface area (Å²) >= 11 is 0. The molecule has 0 amide bonds. The zero-order chi connectivity index (χ0) is 16.0. The second-order valence-electron chi connectivity index (χ2n) is 5.38. The fourth-order valence-corrected chi connectivity index (χ4v) is 2.72. The molecular weight excluding hydrogens is 254 g/mol. The quantitative estimate of drug-likeness (QED) is 0.480. The van der Waals surface area contributed by atoms with Crippen molar-refractivity contribution in [3.8, 4) is 11.1 Å². The van der Waals surface area contributed by atoms with E-state index < -0.39 is 0 Å². The van der Waals surface area contributed by atoms with E-state index in [0.29, 0.717) is 0 Å². The fourth-order valence-electron chi connectivity index (χ4n) is 2.72. The minimum Gasteiger partial charge on any atom is -0.399 e. The van der Waals surface area contributed by atoms with Crippen LogP contribution in [-0.4, -0.2) is 0 Å². The van der Waals surface area contributed by atoms with E-state index in [1.165, 1.54) is 22.3 Å². The number of nitrogen functional groups attached to an aromatic ring is 1. The van der Waals surface area contributed by atoms with Gasteiger partial charge < -0.3 is 5.73 Å². The zero-order valence-electron chi connectivity index (χ0n) is 13.9. The van der Waals surface area contributed by atoms with Crippen molar-refractivity contribution in [1.29, 1.82) is 0 Å². The summed E-state index contributed by atoms with van der Waals surface area (Å²) in [4.78, 5) is 0. The van der Waals surface area contributed by atoms with Crippen molar-refractivity contribution in [3.05, 3.63) is 66.2 Å². The van der Waals surface area contributed by atoms with Gasteiger partial charge in [0.1, 0.15) is 0 Å². The van der Waals surface area contributed by atoms with Gasteiger partial charge in [-0.1, -0.05) is 64.1 Å². The lowest BCUT2D eigenvalue weighted by molar-refractivity contribution is 0.660. The summed E-state index contributed by atoms with van der Waals surface area (Å²) in [7, 11) is 0. The molecule has 0 atom stereocenters. The first-order valence-corrected chi connectivity index (χ1v) is 7.59. The van der Waals surface area contributed by atoms with Gasteiger partial charge in [0.2, 0.25) is 0 Å². The average Bonchev–Trinajstić information content (AvgIpc) is 2.71. The van der Waals surface area contributed by atoms with Crippen LogP contribution < -0.4 is 5.73 Å². The van der Waals surface area contributed by atoms with Crippen molar-refractivity contribution in [2.75, 3.05) is 5.73 Å². The van der Waals surface area contributed by atoms with Gasteiger partial charge in [-0.3, -0.25) is 0 Å². The highest BCUT2D eigenvalue weighted by atomic mass is 14.5. The molecule has 1 heteroatoms. The topological polar surface area (TPSA) is 26.0 Å². The molecule has 3 rings (SSSR count). The fraction of sp³-hybridized carbons (Fsp3) is 0.300. The molecule has 0 aromatic heterocycles. The Labute approximate surface area is 129 Å². The molecule has 1 aliphatic carbocycles. The van der Waals surface area contributed by atoms with Crippen LogP contribution in [0.2, 0.25) is 0 Å². The van der Waals surface area contributed by atoms with Crippen LogP contribution in [0.4, 0.5) is 5.69 Å². The molecular formula is C20H27N. The van der Waals surface area contributed by atoms with E-state index in [0.717, 1.165) is 5.69 Å². The summed E-state index contributed by atoms with van der Waals surface area (Å²) in [5.74, 6) is 0. The van der Waals surface area contributed by atoms with E-state index >= 15 is 0 Å². The Morgan fingerprint density at radius 2 is 1.48 bits per heavy atom. The summed E-state index contributed by atoms with van der Waals surface area (Å²) in [6.45, 7) is 13.8. The molecule has 1 aliphatic rings. The van der Waals surface area contributed by atoms with Crippen molar-refractivity contribution in [1.82, 2.24) is 0 Å². The molecule has 0 heterocycles. The smallest absolute Gasteiger partial charge is 0.0317 e. The Hall–Kier alpha value is -2.02. The van der Waals surface area contributed by atoms with Gasteiger partial charge in [-0.25, -0.2) is 0 Å². The maximum Gasteiger partial charge on any atom is 0.0317 e. The lowest BCUT2D eigenvalue weighted by Crippen LogP contribution is -2.15. The van der Waals surface area contributed by atoms with Crippen molar-refractivity contribution in [2.45, 2.75) is 40.0 Å². The molecule has 2 N–H and O–H groups in total. The van der Waals surface area contributed by atoms with E-state index in [-0.39, 0.29) is 5.41 Å². The SMILES string of the molecule is C=CC.CC.CC1(C)c2ccccc2-c2ccc(N)cc21. The van der Waals surface area contributed by atoms with Crippen molar-refractivity contribution in [2.24, 2.45) is 0 Å². The van der Waals surface area contributed by atoms with Crippen LogP contribution in [0.5, 0.6) is 0 Å². The van der Waals surface area contributed by atoms with Gasteiger partial charge >= 0.3 is 0 Å². The first-order chi connectivity index (χ1) is 10.0. The van der Waals surface area contributed by atoms with Crippen LogP contribution in [0.3, 0.4) is 0 Å². The maximum atomic E-state index is 5.89. The lowest BCUT2D eigenvalue weighted by Gasteiger charge is -2.21. The van der Waals surface area contributed by atoms with Crippen molar-refractivity contribution < 1.29 is 0 Å². The number of rotatable bonds is 0. The summed E-state index contributed by atoms with van der Waals surface area (Å²) < 4.78 is 0. The van der Waals surface area contributed by atoms with E-state index in [1.54, 1.807) is 6.08 Å². The Balaban J connectivity index is 0.000000395. The molecule has 0 saturated heterocycles. The molecule has 0 unspecified atom stereocenters. The van der Waals surface area contributed by atoms with Crippen LogP contribution in [0.25, 0.3) is 11.1 Å². The predicted octanol–water partition coefficient (Wildman–Crippen LogP) is 5.79. The number of anilines is 1. The van der Waals surface area contributed by atoms with Crippen LogP contribution in [0.15, 0.2) is 55.1 Å². The molecule has 21 heavy (non-hydrogen) atoms.